The van der Waals surface area contributed by atoms with Gasteiger partial charge in [-0.3, -0.25) is 0 Å². The molecule has 1 saturated carbocycles. The van der Waals surface area contributed by atoms with Crippen molar-refractivity contribution in [3.63, 3.8) is 0 Å². The van der Waals surface area contributed by atoms with Crippen LogP contribution in [0.5, 0.6) is 0 Å². The molecule has 0 aliphatic heterocycles. The summed E-state index contributed by atoms with van der Waals surface area (Å²) in [5, 5.41) is 3.85. The van der Waals surface area contributed by atoms with Crippen molar-refractivity contribution in [1.29, 1.82) is 0 Å². The van der Waals surface area contributed by atoms with E-state index < -0.39 is 0 Å². The second-order valence-electron chi connectivity index (χ2n) is 5.32. The molecule has 1 nitrogen and oxygen atoms in total. The van der Waals surface area contributed by atoms with Crippen LogP contribution >= 0.6 is 0 Å². The van der Waals surface area contributed by atoms with Crippen LogP contribution in [0.3, 0.4) is 0 Å². The van der Waals surface area contributed by atoms with Gasteiger partial charge < -0.3 is 5.32 Å². The lowest BCUT2D eigenvalue weighted by Gasteiger charge is -2.26. The number of rotatable bonds is 3. The zero-order valence-corrected chi connectivity index (χ0v) is 10.1. The van der Waals surface area contributed by atoms with Gasteiger partial charge in [0, 0.05) is 12.1 Å². The molecule has 1 fully saturated rings. The molecule has 2 aliphatic rings. The van der Waals surface area contributed by atoms with Gasteiger partial charge in [-0.15, -0.1) is 0 Å². The van der Waals surface area contributed by atoms with Gasteiger partial charge in [0.1, 0.15) is 0 Å². The number of fused-ring (bicyclic) bond motifs is 1. The number of hydrogen-bond acceptors (Lipinski definition) is 1. The van der Waals surface area contributed by atoms with Gasteiger partial charge in [-0.05, 0) is 42.7 Å². The van der Waals surface area contributed by atoms with Crippen LogP contribution in [0, 0.1) is 5.92 Å². The van der Waals surface area contributed by atoms with Gasteiger partial charge in [0.2, 0.25) is 0 Å². The fourth-order valence-electron chi connectivity index (χ4n) is 3.09. The molecule has 0 heterocycles. The number of benzene rings is 1. The fourth-order valence-corrected chi connectivity index (χ4v) is 3.09. The van der Waals surface area contributed by atoms with E-state index in [1.165, 1.54) is 32.1 Å². The fraction of sp³-hybridized carbons (Fsp3) is 0.600. The van der Waals surface area contributed by atoms with E-state index in [0.29, 0.717) is 6.04 Å². The average Bonchev–Trinajstić information content (AvgIpc) is 3.08. The lowest BCUT2D eigenvalue weighted by Crippen LogP contribution is -2.27. The van der Waals surface area contributed by atoms with Gasteiger partial charge >= 0.3 is 0 Å². The van der Waals surface area contributed by atoms with Crippen LogP contribution in [0.2, 0.25) is 0 Å². The molecule has 0 bridgehead atoms. The molecule has 3 rings (SSSR count). The minimum atomic E-state index is 0.631. The first-order chi connectivity index (χ1) is 7.88. The second kappa shape index (κ2) is 4.21. The molecule has 3 atom stereocenters. The highest BCUT2D eigenvalue weighted by Gasteiger charge is 2.37. The predicted molar refractivity (Wildman–Crippen MR) is 67.4 cm³/mol. The van der Waals surface area contributed by atoms with Crippen LogP contribution in [-0.2, 0) is 6.42 Å². The number of hydrogen-bond donors (Lipinski definition) is 1. The number of aryl methyl sites for hydroxylation is 1. The molecule has 1 N–H and O–H groups in total. The summed E-state index contributed by atoms with van der Waals surface area (Å²) in [6.45, 7) is 2.31. The minimum absolute atomic E-state index is 0.631. The van der Waals surface area contributed by atoms with Gasteiger partial charge in [0.25, 0.3) is 0 Å². The minimum Gasteiger partial charge on any atom is -0.307 e. The van der Waals surface area contributed by atoms with E-state index in [1.807, 2.05) is 0 Å². The van der Waals surface area contributed by atoms with Crippen LogP contribution in [0.15, 0.2) is 24.3 Å². The summed E-state index contributed by atoms with van der Waals surface area (Å²) in [6, 6.07) is 10.4. The highest BCUT2D eigenvalue weighted by Crippen LogP contribution is 2.38. The SMILES string of the molecule is CCC1CC1NC1CCCc2ccccc21. The molecule has 86 valence electrons. The van der Waals surface area contributed by atoms with Crippen LogP contribution in [0.1, 0.15) is 49.8 Å². The van der Waals surface area contributed by atoms with Crippen molar-refractivity contribution in [1.82, 2.24) is 5.32 Å². The Hall–Kier alpha value is -0.820. The molecule has 0 amide bonds. The van der Waals surface area contributed by atoms with E-state index in [-0.39, 0.29) is 0 Å². The highest BCUT2D eigenvalue weighted by atomic mass is 15.0. The molecule has 1 aromatic carbocycles. The lowest BCUT2D eigenvalue weighted by molar-refractivity contribution is 0.444. The van der Waals surface area contributed by atoms with Gasteiger partial charge in [-0.1, -0.05) is 37.6 Å². The summed E-state index contributed by atoms with van der Waals surface area (Å²) in [7, 11) is 0. The highest BCUT2D eigenvalue weighted by molar-refractivity contribution is 5.32. The average molecular weight is 215 g/mol. The first-order valence-corrected chi connectivity index (χ1v) is 6.72. The Morgan fingerprint density at radius 1 is 1.31 bits per heavy atom. The first kappa shape index (κ1) is 10.3. The monoisotopic (exact) mass is 215 g/mol. The Balaban J connectivity index is 1.73. The van der Waals surface area contributed by atoms with E-state index in [9.17, 15) is 0 Å². The molecule has 1 heteroatoms. The lowest BCUT2D eigenvalue weighted by atomic mass is 9.87. The molecule has 0 aromatic heterocycles. The topological polar surface area (TPSA) is 12.0 Å². The zero-order valence-electron chi connectivity index (χ0n) is 10.1. The Bertz CT molecular complexity index is 371. The summed E-state index contributed by atoms with van der Waals surface area (Å²) in [6.07, 6.45) is 6.68. The Morgan fingerprint density at radius 3 is 3.00 bits per heavy atom. The maximum atomic E-state index is 3.85. The largest absolute Gasteiger partial charge is 0.307 e. The van der Waals surface area contributed by atoms with E-state index in [2.05, 4.69) is 36.5 Å². The van der Waals surface area contributed by atoms with Crippen LogP contribution < -0.4 is 5.32 Å². The second-order valence-corrected chi connectivity index (χ2v) is 5.32. The third kappa shape index (κ3) is 1.89. The van der Waals surface area contributed by atoms with E-state index >= 15 is 0 Å². The van der Waals surface area contributed by atoms with E-state index in [4.69, 9.17) is 0 Å². The van der Waals surface area contributed by atoms with Crippen molar-refractivity contribution in [3.05, 3.63) is 35.4 Å². The van der Waals surface area contributed by atoms with Crippen molar-refractivity contribution < 1.29 is 0 Å². The van der Waals surface area contributed by atoms with E-state index in [1.54, 1.807) is 11.1 Å². The van der Waals surface area contributed by atoms with Crippen molar-refractivity contribution in [2.45, 2.75) is 51.1 Å². The van der Waals surface area contributed by atoms with Crippen molar-refractivity contribution in [2.75, 3.05) is 0 Å². The summed E-state index contributed by atoms with van der Waals surface area (Å²) in [4.78, 5) is 0. The molecular formula is C15H21N. The molecule has 0 radical (unpaired) electrons. The van der Waals surface area contributed by atoms with Crippen LogP contribution in [-0.4, -0.2) is 6.04 Å². The van der Waals surface area contributed by atoms with Crippen LogP contribution in [0.4, 0.5) is 0 Å². The normalized spacial score (nSPS) is 32.2. The van der Waals surface area contributed by atoms with Gasteiger partial charge in [0.05, 0.1) is 0 Å². The summed E-state index contributed by atoms with van der Waals surface area (Å²) >= 11 is 0. The van der Waals surface area contributed by atoms with Crippen LogP contribution in [0.25, 0.3) is 0 Å². The summed E-state index contributed by atoms with van der Waals surface area (Å²) in [5.74, 6) is 0.953. The molecule has 16 heavy (non-hydrogen) atoms. The van der Waals surface area contributed by atoms with Gasteiger partial charge in [-0.25, -0.2) is 0 Å². The standard InChI is InChI=1S/C15H21N/c1-2-11-10-15(11)16-14-9-5-7-12-6-3-4-8-13(12)14/h3-4,6,8,11,14-16H,2,5,7,9-10H2,1H3. The molecule has 2 aliphatic carbocycles. The Labute approximate surface area is 98.3 Å². The third-order valence-electron chi connectivity index (χ3n) is 4.23. The summed E-state index contributed by atoms with van der Waals surface area (Å²) in [5.41, 5.74) is 3.13. The van der Waals surface area contributed by atoms with Crippen molar-refractivity contribution >= 4 is 0 Å². The predicted octanol–water partition coefficient (Wildman–Crippen LogP) is 3.45. The Morgan fingerprint density at radius 2 is 2.19 bits per heavy atom. The van der Waals surface area contributed by atoms with Crippen molar-refractivity contribution in [2.24, 2.45) is 5.92 Å². The number of nitrogens with one attached hydrogen (secondary N) is 1. The maximum absolute atomic E-state index is 3.85. The van der Waals surface area contributed by atoms with E-state index in [0.717, 1.165) is 12.0 Å². The molecule has 1 aromatic rings. The van der Waals surface area contributed by atoms with Gasteiger partial charge in [-0.2, -0.15) is 0 Å². The molecule has 0 saturated heterocycles. The first-order valence-electron chi connectivity index (χ1n) is 6.72. The van der Waals surface area contributed by atoms with Gasteiger partial charge in [0.15, 0.2) is 0 Å². The smallest absolute Gasteiger partial charge is 0.0325 e. The molecular weight excluding hydrogens is 194 g/mol. The summed E-state index contributed by atoms with van der Waals surface area (Å²) < 4.78 is 0. The molecule has 3 unspecified atom stereocenters. The Kier molecular flexibility index (Phi) is 2.72. The molecule has 0 spiro atoms. The third-order valence-corrected chi connectivity index (χ3v) is 4.23. The zero-order chi connectivity index (χ0) is 11.0. The maximum Gasteiger partial charge on any atom is 0.0325 e. The quantitative estimate of drug-likeness (QED) is 0.814. The van der Waals surface area contributed by atoms with Crippen molar-refractivity contribution in [3.8, 4) is 0 Å².